The van der Waals surface area contributed by atoms with Crippen molar-refractivity contribution in [2.24, 2.45) is 5.92 Å². The van der Waals surface area contributed by atoms with Crippen LogP contribution in [-0.2, 0) is 11.3 Å². The lowest BCUT2D eigenvalue weighted by atomic mass is 9.84. The van der Waals surface area contributed by atoms with Gasteiger partial charge in [0.25, 0.3) is 0 Å². The highest BCUT2D eigenvalue weighted by molar-refractivity contribution is 6.09. The summed E-state index contributed by atoms with van der Waals surface area (Å²) >= 11 is 0. The molecule has 1 amide bonds. The zero-order chi connectivity index (χ0) is 19.5. The Bertz CT molecular complexity index is 984. The predicted octanol–water partition coefficient (Wildman–Crippen LogP) is 5.07. The number of rotatable bonds is 5. The Morgan fingerprint density at radius 2 is 1.64 bits per heavy atom. The molecule has 144 valence electrons. The first-order chi connectivity index (χ1) is 13.6. The van der Waals surface area contributed by atoms with Crippen LogP contribution in [-0.4, -0.2) is 23.3 Å². The van der Waals surface area contributed by atoms with E-state index in [4.69, 9.17) is 0 Å². The van der Waals surface area contributed by atoms with Crippen LogP contribution in [0.15, 0.2) is 60.8 Å². The number of hydrogen-bond acceptors (Lipinski definition) is 2. The van der Waals surface area contributed by atoms with E-state index in [-0.39, 0.29) is 24.2 Å². The standard InChI is InChI=1S/C24H26N2O2/c1-25(19-12-6-3-7-13-19)23(27)17-26-16-21(20-14-8-9-15-22(20)26)24(28)18-10-4-2-5-11-18/h3,6-9,12-16,18H,2,4-5,10-11,17H2,1H3. The van der Waals surface area contributed by atoms with Crippen LogP contribution in [0.25, 0.3) is 10.9 Å². The zero-order valence-electron chi connectivity index (χ0n) is 16.3. The van der Waals surface area contributed by atoms with Gasteiger partial charge in [-0.1, -0.05) is 55.7 Å². The highest BCUT2D eigenvalue weighted by Gasteiger charge is 2.25. The topological polar surface area (TPSA) is 42.3 Å². The molecule has 1 aliphatic rings. The van der Waals surface area contributed by atoms with Gasteiger partial charge in [0.1, 0.15) is 6.54 Å². The second kappa shape index (κ2) is 8.01. The average Bonchev–Trinajstić information content (AvgIpc) is 3.12. The first-order valence-corrected chi connectivity index (χ1v) is 10.1. The summed E-state index contributed by atoms with van der Waals surface area (Å²) in [7, 11) is 1.79. The fourth-order valence-electron chi connectivity index (χ4n) is 4.21. The summed E-state index contributed by atoms with van der Waals surface area (Å²) in [6.07, 6.45) is 7.34. The summed E-state index contributed by atoms with van der Waals surface area (Å²) < 4.78 is 1.92. The average molecular weight is 374 g/mol. The van der Waals surface area contributed by atoms with E-state index in [2.05, 4.69) is 0 Å². The minimum Gasteiger partial charge on any atom is -0.337 e. The van der Waals surface area contributed by atoms with Gasteiger partial charge in [0.15, 0.2) is 5.78 Å². The number of benzene rings is 2. The minimum absolute atomic E-state index is 0.0105. The zero-order valence-corrected chi connectivity index (χ0v) is 16.3. The van der Waals surface area contributed by atoms with Crippen LogP contribution in [0.4, 0.5) is 5.69 Å². The first-order valence-electron chi connectivity index (χ1n) is 10.1. The van der Waals surface area contributed by atoms with E-state index in [1.54, 1.807) is 11.9 Å². The molecule has 4 nitrogen and oxygen atoms in total. The maximum absolute atomic E-state index is 13.2. The summed E-state index contributed by atoms with van der Waals surface area (Å²) in [5.74, 6) is 0.345. The predicted molar refractivity (Wildman–Crippen MR) is 113 cm³/mol. The fourth-order valence-corrected chi connectivity index (χ4v) is 4.21. The normalized spacial score (nSPS) is 14.9. The molecule has 3 aromatic rings. The second-order valence-electron chi connectivity index (χ2n) is 7.68. The van der Waals surface area contributed by atoms with Crippen LogP contribution in [0.3, 0.4) is 0 Å². The van der Waals surface area contributed by atoms with Gasteiger partial charge in [-0.05, 0) is 31.0 Å². The number of fused-ring (bicyclic) bond motifs is 1. The van der Waals surface area contributed by atoms with Crippen LogP contribution in [0, 0.1) is 5.92 Å². The van der Waals surface area contributed by atoms with Gasteiger partial charge in [-0.2, -0.15) is 0 Å². The molecule has 0 unspecified atom stereocenters. The molecule has 0 radical (unpaired) electrons. The van der Waals surface area contributed by atoms with Crippen LogP contribution in [0.5, 0.6) is 0 Å². The highest BCUT2D eigenvalue weighted by Crippen LogP contribution is 2.30. The molecule has 2 aromatic carbocycles. The molecule has 1 saturated carbocycles. The summed E-state index contributed by atoms with van der Waals surface area (Å²) in [5.41, 5.74) is 2.57. The number of para-hydroxylation sites is 2. The Hall–Kier alpha value is -2.88. The minimum atomic E-state index is -0.0105. The van der Waals surface area contributed by atoms with E-state index >= 15 is 0 Å². The smallest absolute Gasteiger partial charge is 0.246 e. The molecule has 4 heteroatoms. The van der Waals surface area contributed by atoms with Gasteiger partial charge >= 0.3 is 0 Å². The summed E-state index contributed by atoms with van der Waals surface area (Å²) in [6, 6.07) is 17.5. The largest absolute Gasteiger partial charge is 0.337 e. The van der Waals surface area contributed by atoms with Crippen LogP contribution in [0.2, 0.25) is 0 Å². The van der Waals surface area contributed by atoms with Gasteiger partial charge in [0, 0.05) is 41.3 Å². The Morgan fingerprint density at radius 1 is 0.964 bits per heavy atom. The number of likely N-dealkylation sites (N-methyl/N-ethyl adjacent to an activating group) is 1. The van der Waals surface area contributed by atoms with Crippen molar-refractivity contribution < 1.29 is 9.59 Å². The van der Waals surface area contributed by atoms with Crippen molar-refractivity contribution in [1.82, 2.24) is 4.57 Å². The Morgan fingerprint density at radius 3 is 2.39 bits per heavy atom. The van der Waals surface area contributed by atoms with Gasteiger partial charge in [0.2, 0.25) is 5.91 Å². The van der Waals surface area contributed by atoms with E-state index in [0.29, 0.717) is 0 Å². The molecule has 0 atom stereocenters. The molecule has 0 saturated heterocycles. The Kier molecular flexibility index (Phi) is 5.29. The van der Waals surface area contributed by atoms with E-state index in [1.807, 2.05) is 65.4 Å². The van der Waals surface area contributed by atoms with Gasteiger partial charge in [-0.25, -0.2) is 0 Å². The van der Waals surface area contributed by atoms with E-state index in [9.17, 15) is 9.59 Å². The van der Waals surface area contributed by atoms with Gasteiger partial charge < -0.3 is 9.47 Å². The number of hydrogen-bond donors (Lipinski definition) is 0. The van der Waals surface area contributed by atoms with Crippen LogP contribution >= 0.6 is 0 Å². The highest BCUT2D eigenvalue weighted by atomic mass is 16.2. The Balaban J connectivity index is 1.62. The van der Waals surface area contributed by atoms with Crippen molar-refractivity contribution in [3.05, 3.63) is 66.4 Å². The molecule has 0 N–H and O–H groups in total. The third kappa shape index (κ3) is 3.59. The molecular weight excluding hydrogens is 348 g/mol. The number of anilines is 1. The van der Waals surface area contributed by atoms with Crippen molar-refractivity contribution in [3.8, 4) is 0 Å². The monoisotopic (exact) mass is 374 g/mol. The molecular formula is C24H26N2O2. The maximum Gasteiger partial charge on any atom is 0.246 e. The maximum atomic E-state index is 13.2. The fraction of sp³-hybridized carbons (Fsp3) is 0.333. The lowest BCUT2D eigenvalue weighted by Crippen LogP contribution is -2.29. The van der Waals surface area contributed by atoms with Crippen LogP contribution in [0.1, 0.15) is 42.5 Å². The molecule has 0 spiro atoms. The van der Waals surface area contributed by atoms with E-state index in [1.165, 1.54) is 6.42 Å². The third-order valence-electron chi connectivity index (χ3n) is 5.85. The van der Waals surface area contributed by atoms with Crippen molar-refractivity contribution >= 4 is 28.3 Å². The lowest BCUT2D eigenvalue weighted by Gasteiger charge is -2.20. The Labute approximate surface area is 165 Å². The number of ketones is 1. The molecule has 1 aliphatic carbocycles. The lowest BCUT2D eigenvalue weighted by molar-refractivity contribution is -0.118. The van der Waals surface area contributed by atoms with E-state index in [0.717, 1.165) is 47.8 Å². The van der Waals surface area contributed by atoms with Crippen molar-refractivity contribution in [2.45, 2.75) is 38.6 Å². The van der Waals surface area contributed by atoms with Gasteiger partial charge in [-0.3, -0.25) is 9.59 Å². The number of amides is 1. The molecule has 1 aromatic heterocycles. The summed E-state index contributed by atoms with van der Waals surface area (Å²) in [5, 5.41) is 0.952. The number of nitrogens with zero attached hydrogens (tertiary/aromatic N) is 2. The molecule has 4 rings (SSSR count). The second-order valence-corrected chi connectivity index (χ2v) is 7.68. The molecule has 1 heterocycles. The molecule has 0 aliphatic heterocycles. The molecule has 1 fully saturated rings. The SMILES string of the molecule is CN(C(=O)Cn1cc(C(=O)C2CCCCC2)c2ccccc21)c1ccccc1. The summed E-state index contributed by atoms with van der Waals surface area (Å²) in [6.45, 7) is 0.212. The van der Waals surface area contributed by atoms with Crippen molar-refractivity contribution in [2.75, 3.05) is 11.9 Å². The van der Waals surface area contributed by atoms with E-state index < -0.39 is 0 Å². The summed E-state index contributed by atoms with van der Waals surface area (Å²) in [4.78, 5) is 27.7. The third-order valence-corrected chi connectivity index (χ3v) is 5.85. The van der Waals surface area contributed by atoms with Gasteiger partial charge in [-0.15, -0.1) is 0 Å². The number of aromatic nitrogens is 1. The van der Waals surface area contributed by atoms with Crippen molar-refractivity contribution in [1.29, 1.82) is 0 Å². The number of carbonyl (C=O) groups is 2. The number of Topliss-reactive ketones (excluding diaryl/α,β-unsaturated/α-hetero) is 1. The van der Waals surface area contributed by atoms with Crippen LogP contribution < -0.4 is 4.90 Å². The number of carbonyl (C=O) groups excluding carboxylic acids is 2. The van der Waals surface area contributed by atoms with Crippen molar-refractivity contribution in [3.63, 3.8) is 0 Å². The first kappa shape index (κ1) is 18.5. The molecule has 28 heavy (non-hydrogen) atoms. The van der Waals surface area contributed by atoms with Gasteiger partial charge in [0.05, 0.1) is 0 Å². The quantitative estimate of drug-likeness (QED) is 0.585. The molecule has 0 bridgehead atoms.